The van der Waals surface area contributed by atoms with Gasteiger partial charge in [0.1, 0.15) is 11.0 Å². The van der Waals surface area contributed by atoms with Crippen molar-refractivity contribution in [3.8, 4) is 0 Å². The summed E-state index contributed by atoms with van der Waals surface area (Å²) in [4.78, 5) is 25.7. The van der Waals surface area contributed by atoms with Crippen molar-refractivity contribution in [3.63, 3.8) is 0 Å². The van der Waals surface area contributed by atoms with Gasteiger partial charge in [-0.3, -0.25) is 9.59 Å². The van der Waals surface area contributed by atoms with Crippen LogP contribution in [0.2, 0.25) is 0 Å². The van der Waals surface area contributed by atoms with Crippen LogP contribution in [-0.2, 0) is 4.79 Å². The number of aliphatic carboxylic acids is 1. The Kier molecular flexibility index (Phi) is 2.88. The molecular weight excluding hydrogens is 284 g/mol. The number of benzene rings is 1. The van der Waals surface area contributed by atoms with Gasteiger partial charge >= 0.3 is 5.97 Å². The summed E-state index contributed by atoms with van der Waals surface area (Å²) in [5.74, 6) is -0.792. The van der Waals surface area contributed by atoms with Crippen LogP contribution < -0.4 is 0 Å². The number of hydrogen-bond acceptors (Lipinski definition) is 4. The van der Waals surface area contributed by atoms with E-state index in [0.29, 0.717) is 35.6 Å². The average Bonchev–Trinajstić information content (AvgIpc) is 3.09. The van der Waals surface area contributed by atoms with Gasteiger partial charge < -0.3 is 10.0 Å². The normalized spacial score (nSPS) is 24.8. The van der Waals surface area contributed by atoms with Gasteiger partial charge in [-0.25, -0.2) is 0 Å². The molecule has 2 heterocycles. The summed E-state index contributed by atoms with van der Waals surface area (Å²) in [5.41, 5.74) is 1.87. The molecular formula is C15H16N4O3. The van der Waals surface area contributed by atoms with E-state index in [1.807, 2.05) is 0 Å². The number of aromatic nitrogens is 3. The minimum absolute atomic E-state index is 0.0947. The fourth-order valence-corrected chi connectivity index (χ4v) is 3.41. The van der Waals surface area contributed by atoms with Crippen molar-refractivity contribution in [1.82, 2.24) is 20.3 Å². The van der Waals surface area contributed by atoms with E-state index in [2.05, 4.69) is 15.4 Å². The van der Waals surface area contributed by atoms with Gasteiger partial charge in [0.2, 0.25) is 0 Å². The van der Waals surface area contributed by atoms with E-state index >= 15 is 0 Å². The molecule has 0 unspecified atom stereocenters. The second kappa shape index (κ2) is 4.79. The van der Waals surface area contributed by atoms with E-state index in [-0.39, 0.29) is 11.8 Å². The van der Waals surface area contributed by atoms with Crippen LogP contribution in [0.5, 0.6) is 0 Å². The summed E-state index contributed by atoms with van der Waals surface area (Å²) >= 11 is 0. The number of nitrogens with zero attached hydrogens (tertiary/aromatic N) is 3. The number of aromatic amines is 1. The standard InChI is InChI=1S/C15H16N4O3/c20-14(9-3-4-12-13(5-9)17-18-16-12)19-6-10(8-1-2-8)11(7-19)15(21)22/h3-5,8,10-11H,1-2,6-7H2,(H,21,22)(H,16,17,18)/t10-,11+/m1/s1. The minimum atomic E-state index is -0.792. The summed E-state index contributed by atoms with van der Waals surface area (Å²) in [6, 6.07) is 5.16. The molecule has 0 radical (unpaired) electrons. The molecule has 2 N–H and O–H groups in total. The van der Waals surface area contributed by atoms with Gasteiger partial charge in [0.05, 0.1) is 5.92 Å². The zero-order valence-electron chi connectivity index (χ0n) is 11.9. The number of likely N-dealkylation sites (tertiary alicyclic amines) is 1. The summed E-state index contributed by atoms with van der Waals surface area (Å²) in [6.07, 6.45) is 2.17. The molecule has 1 amide bonds. The van der Waals surface area contributed by atoms with Crippen LogP contribution in [0, 0.1) is 17.8 Å². The quantitative estimate of drug-likeness (QED) is 0.885. The maximum atomic E-state index is 12.6. The van der Waals surface area contributed by atoms with E-state index < -0.39 is 11.9 Å². The van der Waals surface area contributed by atoms with Crippen molar-refractivity contribution in [2.75, 3.05) is 13.1 Å². The lowest BCUT2D eigenvalue weighted by Crippen LogP contribution is -2.29. The first kappa shape index (κ1) is 13.2. The van der Waals surface area contributed by atoms with Crippen LogP contribution in [-0.4, -0.2) is 50.4 Å². The number of carbonyl (C=O) groups is 2. The highest BCUT2D eigenvalue weighted by Crippen LogP contribution is 2.44. The molecule has 7 nitrogen and oxygen atoms in total. The number of amides is 1. The van der Waals surface area contributed by atoms with E-state index in [1.54, 1.807) is 23.1 Å². The van der Waals surface area contributed by atoms with Crippen LogP contribution in [0.3, 0.4) is 0 Å². The highest BCUT2D eigenvalue weighted by molar-refractivity contribution is 5.97. The number of carboxylic acid groups (broad SMARTS) is 1. The Bertz CT molecular complexity index is 752. The third-order valence-corrected chi connectivity index (χ3v) is 4.76. The summed E-state index contributed by atoms with van der Waals surface area (Å²) in [7, 11) is 0. The molecule has 1 aliphatic carbocycles. The summed E-state index contributed by atoms with van der Waals surface area (Å²) in [5, 5.41) is 19.8. The number of carboxylic acids is 1. The van der Waals surface area contributed by atoms with Crippen molar-refractivity contribution in [1.29, 1.82) is 0 Å². The Morgan fingerprint density at radius 2 is 1.95 bits per heavy atom. The highest BCUT2D eigenvalue weighted by atomic mass is 16.4. The number of H-pyrrole nitrogens is 1. The molecule has 0 spiro atoms. The van der Waals surface area contributed by atoms with Crippen LogP contribution in [0.15, 0.2) is 18.2 Å². The molecule has 22 heavy (non-hydrogen) atoms. The number of nitrogens with one attached hydrogen (secondary N) is 1. The lowest BCUT2D eigenvalue weighted by atomic mass is 9.92. The van der Waals surface area contributed by atoms with E-state index in [1.165, 1.54) is 0 Å². The fraction of sp³-hybridized carbons (Fsp3) is 0.467. The predicted molar refractivity (Wildman–Crippen MR) is 77.1 cm³/mol. The Hall–Kier alpha value is -2.44. The SMILES string of the molecule is O=C(O)[C@H]1CN(C(=O)c2ccc3n[nH]nc3c2)C[C@@H]1C1CC1. The summed E-state index contributed by atoms with van der Waals surface area (Å²) in [6.45, 7) is 0.837. The second-order valence-electron chi connectivity index (χ2n) is 6.18. The van der Waals surface area contributed by atoms with Crippen LogP contribution in [0.1, 0.15) is 23.2 Å². The van der Waals surface area contributed by atoms with Crippen molar-refractivity contribution in [2.45, 2.75) is 12.8 Å². The van der Waals surface area contributed by atoms with Gasteiger partial charge in [0, 0.05) is 18.7 Å². The Morgan fingerprint density at radius 1 is 1.18 bits per heavy atom. The van der Waals surface area contributed by atoms with Gasteiger partial charge in [-0.2, -0.15) is 15.4 Å². The Morgan fingerprint density at radius 3 is 2.68 bits per heavy atom. The van der Waals surface area contributed by atoms with Gasteiger partial charge in [-0.15, -0.1) is 0 Å². The van der Waals surface area contributed by atoms with E-state index in [9.17, 15) is 14.7 Å². The average molecular weight is 300 g/mol. The molecule has 2 aliphatic rings. The molecule has 1 saturated carbocycles. The molecule has 114 valence electrons. The molecule has 1 aromatic carbocycles. The maximum absolute atomic E-state index is 12.6. The number of carbonyl (C=O) groups excluding carboxylic acids is 1. The number of rotatable bonds is 3. The highest BCUT2D eigenvalue weighted by Gasteiger charge is 2.46. The smallest absolute Gasteiger partial charge is 0.308 e. The largest absolute Gasteiger partial charge is 0.481 e. The molecule has 1 aromatic heterocycles. The fourth-order valence-electron chi connectivity index (χ4n) is 3.41. The molecule has 1 aliphatic heterocycles. The van der Waals surface area contributed by atoms with Crippen molar-refractivity contribution >= 4 is 22.9 Å². The second-order valence-corrected chi connectivity index (χ2v) is 6.18. The number of hydrogen-bond donors (Lipinski definition) is 2. The molecule has 1 saturated heterocycles. The topological polar surface area (TPSA) is 99.2 Å². The molecule has 4 rings (SSSR count). The monoisotopic (exact) mass is 300 g/mol. The predicted octanol–water partition coefficient (Wildman–Crippen LogP) is 1.14. The Labute approximate surface area is 126 Å². The molecule has 0 bridgehead atoms. The minimum Gasteiger partial charge on any atom is -0.481 e. The lowest BCUT2D eigenvalue weighted by molar-refractivity contribution is -0.142. The van der Waals surface area contributed by atoms with Crippen LogP contribution in [0.4, 0.5) is 0 Å². The van der Waals surface area contributed by atoms with Crippen molar-refractivity contribution in [3.05, 3.63) is 23.8 Å². The first-order chi connectivity index (χ1) is 10.6. The van der Waals surface area contributed by atoms with Gasteiger partial charge in [0.15, 0.2) is 0 Å². The van der Waals surface area contributed by atoms with Gasteiger partial charge in [0.25, 0.3) is 5.91 Å². The maximum Gasteiger partial charge on any atom is 0.308 e. The van der Waals surface area contributed by atoms with Gasteiger partial charge in [-0.05, 0) is 42.9 Å². The molecule has 2 fully saturated rings. The Balaban J connectivity index is 1.58. The third-order valence-electron chi connectivity index (χ3n) is 4.76. The van der Waals surface area contributed by atoms with Gasteiger partial charge in [-0.1, -0.05) is 0 Å². The van der Waals surface area contributed by atoms with Crippen LogP contribution in [0.25, 0.3) is 11.0 Å². The lowest BCUT2D eigenvalue weighted by Gasteiger charge is -2.16. The van der Waals surface area contributed by atoms with E-state index in [0.717, 1.165) is 12.8 Å². The van der Waals surface area contributed by atoms with Crippen LogP contribution >= 0.6 is 0 Å². The molecule has 2 atom stereocenters. The molecule has 7 heteroatoms. The first-order valence-corrected chi connectivity index (χ1v) is 7.46. The third kappa shape index (κ3) is 2.13. The molecule has 2 aromatic rings. The zero-order valence-corrected chi connectivity index (χ0v) is 11.9. The number of fused-ring (bicyclic) bond motifs is 1. The zero-order chi connectivity index (χ0) is 15.3. The summed E-state index contributed by atoms with van der Waals surface area (Å²) < 4.78 is 0. The first-order valence-electron chi connectivity index (χ1n) is 7.46. The van der Waals surface area contributed by atoms with Crippen molar-refractivity contribution < 1.29 is 14.7 Å². The van der Waals surface area contributed by atoms with E-state index in [4.69, 9.17) is 0 Å². The van der Waals surface area contributed by atoms with Crippen molar-refractivity contribution in [2.24, 2.45) is 17.8 Å².